The van der Waals surface area contributed by atoms with Crippen LogP contribution in [-0.2, 0) is 6.54 Å². The molecule has 0 saturated heterocycles. The summed E-state index contributed by atoms with van der Waals surface area (Å²) in [5.74, 6) is 1.40. The number of halogens is 1. The van der Waals surface area contributed by atoms with Gasteiger partial charge in [0, 0.05) is 37.5 Å². The van der Waals surface area contributed by atoms with Crippen LogP contribution in [0.3, 0.4) is 0 Å². The van der Waals surface area contributed by atoms with Crippen molar-refractivity contribution in [2.45, 2.75) is 13.5 Å². The molecule has 26 heavy (non-hydrogen) atoms. The van der Waals surface area contributed by atoms with Crippen LogP contribution in [0.25, 0.3) is 0 Å². The second-order valence-corrected chi connectivity index (χ2v) is 6.30. The molecule has 0 atom stereocenters. The normalized spacial score (nSPS) is 10.4. The Morgan fingerprint density at radius 3 is 2.54 bits per heavy atom. The van der Waals surface area contributed by atoms with Crippen LogP contribution >= 0.6 is 15.9 Å². The molecule has 0 fully saturated rings. The summed E-state index contributed by atoms with van der Waals surface area (Å²) in [6.45, 7) is 4.63. The molecule has 0 amide bonds. The van der Waals surface area contributed by atoms with Crippen LogP contribution in [0.5, 0.6) is 11.5 Å². The molecule has 0 heterocycles. The molecule has 0 spiro atoms. The molecule has 8 heteroatoms. The van der Waals surface area contributed by atoms with E-state index in [1.54, 1.807) is 19.2 Å². The third kappa shape index (κ3) is 5.60. The van der Waals surface area contributed by atoms with Crippen LogP contribution in [0.4, 0.5) is 11.4 Å². The van der Waals surface area contributed by atoms with Gasteiger partial charge in [0.25, 0.3) is 5.69 Å². The number of methoxy groups -OCH3 is 1. The number of hydrogen-bond donors (Lipinski definition) is 2. The maximum atomic E-state index is 10.6. The molecule has 2 aromatic carbocycles. The fourth-order valence-electron chi connectivity index (χ4n) is 2.39. The fraction of sp³-hybridized carbons (Fsp3) is 0.333. The van der Waals surface area contributed by atoms with Gasteiger partial charge in [-0.2, -0.15) is 0 Å². The quantitative estimate of drug-likeness (QED) is 0.341. The summed E-state index contributed by atoms with van der Waals surface area (Å²) in [6, 6.07) is 10.3. The lowest BCUT2D eigenvalue weighted by Gasteiger charge is -2.14. The Hall–Kier alpha value is -2.32. The van der Waals surface area contributed by atoms with E-state index in [2.05, 4.69) is 26.6 Å². The Kier molecular flexibility index (Phi) is 7.68. The molecule has 0 unspecified atom stereocenters. The molecule has 0 aliphatic rings. The van der Waals surface area contributed by atoms with E-state index >= 15 is 0 Å². The van der Waals surface area contributed by atoms with Crippen molar-refractivity contribution in [1.29, 1.82) is 0 Å². The molecule has 140 valence electrons. The number of benzene rings is 2. The Balaban J connectivity index is 1.80. The molecule has 0 aromatic heterocycles. The predicted molar refractivity (Wildman–Crippen MR) is 105 cm³/mol. The zero-order chi connectivity index (χ0) is 18.9. The van der Waals surface area contributed by atoms with Crippen molar-refractivity contribution in [3.8, 4) is 11.5 Å². The molecule has 7 nitrogen and oxygen atoms in total. The van der Waals surface area contributed by atoms with E-state index < -0.39 is 4.92 Å². The number of nitro groups is 1. The average molecular weight is 424 g/mol. The molecule has 0 aliphatic heterocycles. The number of rotatable bonds is 10. The van der Waals surface area contributed by atoms with E-state index in [4.69, 9.17) is 9.47 Å². The maximum Gasteiger partial charge on any atom is 0.269 e. The van der Waals surface area contributed by atoms with Gasteiger partial charge >= 0.3 is 0 Å². The van der Waals surface area contributed by atoms with Gasteiger partial charge in [0.05, 0.1) is 23.1 Å². The second-order valence-electron chi connectivity index (χ2n) is 5.45. The first kappa shape index (κ1) is 20.0. The number of anilines is 1. The SMILES string of the molecule is CCOc1c(Br)cc(CNCCNc2ccc([N+](=O)[O-])cc2)cc1OC. The van der Waals surface area contributed by atoms with Gasteiger partial charge in [-0.1, -0.05) is 0 Å². The summed E-state index contributed by atoms with van der Waals surface area (Å²) in [5, 5.41) is 17.2. The van der Waals surface area contributed by atoms with E-state index in [1.165, 1.54) is 12.1 Å². The number of ether oxygens (including phenoxy) is 2. The fourth-order valence-corrected chi connectivity index (χ4v) is 2.99. The first-order chi connectivity index (χ1) is 12.5. The minimum atomic E-state index is -0.408. The van der Waals surface area contributed by atoms with Crippen molar-refractivity contribution < 1.29 is 14.4 Å². The lowest BCUT2D eigenvalue weighted by molar-refractivity contribution is -0.384. The molecule has 2 aromatic rings. The van der Waals surface area contributed by atoms with E-state index in [-0.39, 0.29) is 5.69 Å². The van der Waals surface area contributed by atoms with Gasteiger partial charge in [0.2, 0.25) is 0 Å². The third-order valence-electron chi connectivity index (χ3n) is 3.62. The highest BCUT2D eigenvalue weighted by Gasteiger charge is 2.11. The zero-order valence-corrected chi connectivity index (χ0v) is 16.3. The van der Waals surface area contributed by atoms with Gasteiger partial charge < -0.3 is 20.1 Å². The van der Waals surface area contributed by atoms with Crippen LogP contribution in [0.1, 0.15) is 12.5 Å². The smallest absolute Gasteiger partial charge is 0.269 e. The standard InChI is InChI=1S/C18H22BrN3O4/c1-3-26-18-16(19)10-13(11-17(18)25-2)12-20-8-9-21-14-4-6-15(7-5-14)22(23)24/h4-7,10-11,20-21H,3,8-9,12H2,1-2H3. The van der Waals surface area contributed by atoms with Crippen molar-refractivity contribution in [2.24, 2.45) is 0 Å². The predicted octanol–water partition coefficient (Wildman–Crippen LogP) is 3.97. The lowest BCUT2D eigenvalue weighted by Crippen LogP contribution is -2.21. The first-order valence-electron chi connectivity index (χ1n) is 8.23. The molecule has 0 radical (unpaired) electrons. The summed E-state index contributed by atoms with van der Waals surface area (Å²) in [4.78, 5) is 10.2. The van der Waals surface area contributed by atoms with Gasteiger partial charge in [-0.25, -0.2) is 0 Å². The second kappa shape index (κ2) is 9.98. The Labute approximate surface area is 161 Å². The number of hydrogen-bond acceptors (Lipinski definition) is 6. The number of nitro benzene ring substituents is 1. The minimum absolute atomic E-state index is 0.0868. The largest absolute Gasteiger partial charge is 0.493 e. The zero-order valence-electron chi connectivity index (χ0n) is 14.8. The average Bonchev–Trinajstić information content (AvgIpc) is 2.63. The molecular weight excluding hydrogens is 402 g/mol. The molecular formula is C18H22BrN3O4. The van der Waals surface area contributed by atoms with Crippen LogP contribution in [-0.4, -0.2) is 31.7 Å². The Morgan fingerprint density at radius 1 is 1.19 bits per heavy atom. The lowest BCUT2D eigenvalue weighted by atomic mass is 10.2. The third-order valence-corrected chi connectivity index (χ3v) is 4.21. The summed E-state index contributed by atoms with van der Waals surface area (Å²) < 4.78 is 11.8. The summed E-state index contributed by atoms with van der Waals surface area (Å²) in [5.41, 5.74) is 2.01. The highest BCUT2D eigenvalue weighted by molar-refractivity contribution is 9.10. The van der Waals surface area contributed by atoms with E-state index in [0.717, 1.165) is 22.3 Å². The minimum Gasteiger partial charge on any atom is -0.493 e. The van der Waals surface area contributed by atoms with Crippen LogP contribution in [0, 0.1) is 10.1 Å². The molecule has 0 saturated carbocycles. The molecule has 2 rings (SSSR count). The molecule has 0 aliphatic carbocycles. The van der Waals surface area contributed by atoms with Crippen molar-refractivity contribution in [3.63, 3.8) is 0 Å². The number of nitrogens with one attached hydrogen (secondary N) is 2. The van der Waals surface area contributed by atoms with Crippen LogP contribution in [0.2, 0.25) is 0 Å². The van der Waals surface area contributed by atoms with Crippen molar-refractivity contribution in [1.82, 2.24) is 5.32 Å². The van der Waals surface area contributed by atoms with Crippen LogP contribution in [0.15, 0.2) is 40.9 Å². The highest BCUT2D eigenvalue weighted by atomic mass is 79.9. The van der Waals surface area contributed by atoms with Crippen molar-refractivity contribution >= 4 is 27.3 Å². The van der Waals surface area contributed by atoms with Gasteiger partial charge in [0.1, 0.15) is 0 Å². The van der Waals surface area contributed by atoms with Crippen molar-refractivity contribution in [2.75, 3.05) is 32.1 Å². The van der Waals surface area contributed by atoms with E-state index in [1.807, 2.05) is 19.1 Å². The van der Waals surface area contributed by atoms with Gasteiger partial charge in [0.15, 0.2) is 11.5 Å². The highest BCUT2D eigenvalue weighted by Crippen LogP contribution is 2.36. The van der Waals surface area contributed by atoms with Crippen molar-refractivity contribution in [3.05, 3.63) is 56.5 Å². The summed E-state index contributed by atoms with van der Waals surface area (Å²) >= 11 is 3.52. The van der Waals surface area contributed by atoms with Gasteiger partial charge in [-0.15, -0.1) is 0 Å². The summed E-state index contributed by atoms with van der Waals surface area (Å²) in [6.07, 6.45) is 0. The van der Waals surface area contributed by atoms with Crippen LogP contribution < -0.4 is 20.1 Å². The first-order valence-corrected chi connectivity index (χ1v) is 9.02. The Bertz CT molecular complexity index is 738. The summed E-state index contributed by atoms with van der Waals surface area (Å²) in [7, 11) is 1.62. The van der Waals surface area contributed by atoms with Gasteiger partial charge in [-0.05, 0) is 52.7 Å². The Morgan fingerprint density at radius 2 is 1.92 bits per heavy atom. The maximum absolute atomic E-state index is 10.6. The topological polar surface area (TPSA) is 85.7 Å². The number of nitrogens with zero attached hydrogens (tertiary/aromatic N) is 1. The van der Waals surface area contributed by atoms with Gasteiger partial charge in [-0.3, -0.25) is 10.1 Å². The monoisotopic (exact) mass is 423 g/mol. The number of non-ortho nitro benzene ring substituents is 1. The molecule has 2 N–H and O–H groups in total. The van der Waals surface area contributed by atoms with E-state index in [9.17, 15) is 10.1 Å². The van der Waals surface area contributed by atoms with E-state index in [0.29, 0.717) is 31.2 Å². The molecule has 0 bridgehead atoms.